The Kier molecular flexibility index (Phi) is 6.33. The fourth-order valence-electron chi connectivity index (χ4n) is 1.96. The third-order valence-electron chi connectivity index (χ3n) is 3.29. The quantitative estimate of drug-likeness (QED) is 0.803. The summed E-state index contributed by atoms with van der Waals surface area (Å²) in [6, 6.07) is 11.2. The molecule has 3 heteroatoms. The van der Waals surface area contributed by atoms with Crippen molar-refractivity contribution in [3.05, 3.63) is 35.9 Å². The molecule has 102 valence electrons. The van der Waals surface area contributed by atoms with E-state index in [0.717, 1.165) is 6.54 Å². The Morgan fingerprint density at radius 2 is 1.78 bits per heavy atom. The first-order valence-corrected chi connectivity index (χ1v) is 6.53. The molecular weight excluding hydrogens is 224 g/mol. The number of nitrogens with zero attached hydrogens (tertiary/aromatic N) is 1. The van der Waals surface area contributed by atoms with E-state index >= 15 is 0 Å². The standard InChI is InChI=1S/C15H26N2O/c1-12(13(2)18-5)16-15(11-17(3)4)14-9-7-6-8-10-14/h6-10,12-13,15-16H,11H2,1-5H3. The van der Waals surface area contributed by atoms with Gasteiger partial charge in [-0.1, -0.05) is 30.3 Å². The van der Waals surface area contributed by atoms with Crippen molar-refractivity contribution in [1.29, 1.82) is 0 Å². The zero-order chi connectivity index (χ0) is 13.5. The second kappa shape index (κ2) is 7.52. The lowest BCUT2D eigenvalue weighted by Crippen LogP contribution is -2.42. The maximum absolute atomic E-state index is 5.38. The van der Waals surface area contributed by atoms with Gasteiger partial charge >= 0.3 is 0 Å². The van der Waals surface area contributed by atoms with Gasteiger partial charge in [0.2, 0.25) is 0 Å². The van der Waals surface area contributed by atoms with Crippen LogP contribution >= 0.6 is 0 Å². The van der Waals surface area contributed by atoms with E-state index in [1.54, 1.807) is 7.11 Å². The summed E-state index contributed by atoms with van der Waals surface area (Å²) in [5, 5.41) is 3.65. The van der Waals surface area contributed by atoms with Crippen molar-refractivity contribution in [2.45, 2.75) is 32.0 Å². The van der Waals surface area contributed by atoms with E-state index in [2.05, 4.69) is 68.5 Å². The number of rotatable bonds is 7. The molecule has 0 radical (unpaired) electrons. The molecule has 0 saturated carbocycles. The maximum atomic E-state index is 5.38. The van der Waals surface area contributed by atoms with Gasteiger partial charge in [-0.05, 0) is 33.5 Å². The van der Waals surface area contributed by atoms with Gasteiger partial charge < -0.3 is 15.0 Å². The van der Waals surface area contributed by atoms with Crippen LogP contribution in [-0.4, -0.2) is 44.8 Å². The number of hydrogen-bond acceptors (Lipinski definition) is 3. The molecule has 1 rings (SSSR count). The Hall–Kier alpha value is -0.900. The summed E-state index contributed by atoms with van der Waals surface area (Å²) in [5.41, 5.74) is 1.32. The monoisotopic (exact) mass is 250 g/mol. The fraction of sp³-hybridized carbons (Fsp3) is 0.600. The average Bonchev–Trinajstić information content (AvgIpc) is 2.37. The van der Waals surface area contributed by atoms with Gasteiger partial charge in [-0.3, -0.25) is 0 Å². The highest BCUT2D eigenvalue weighted by Crippen LogP contribution is 2.15. The van der Waals surface area contributed by atoms with Gasteiger partial charge in [-0.15, -0.1) is 0 Å². The molecule has 0 saturated heterocycles. The highest BCUT2D eigenvalue weighted by Gasteiger charge is 2.18. The molecule has 0 heterocycles. The summed E-state index contributed by atoms with van der Waals surface area (Å²) >= 11 is 0. The molecule has 3 nitrogen and oxygen atoms in total. The number of benzene rings is 1. The zero-order valence-electron chi connectivity index (χ0n) is 12.2. The van der Waals surface area contributed by atoms with Crippen molar-refractivity contribution in [3.8, 4) is 0 Å². The van der Waals surface area contributed by atoms with E-state index in [1.165, 1.54) is 5.56 Å². The minimum atomic E-state index is 0.207. The smallest absolute Gasteiger partial charge is 0.0693 e. The molecule has 0 amide bonds. The highest BCUT2D eigenvalue weighted by atomic mass is 16.5. The van der Waals surface area contributed by atoms with E-state index in [9.17, 15) is 0 Å². The average molecular weight is 250 g/mol. The molecule has 0 bridgehead atoms. The maximum Gasteiger partial charge on any atom is 0.0693 e. The molecule has 1 N–H and O–H groups in total. The third kappa shape index (κ3) is 4.77. The topological polar surface area (TPSA) is 24.5 Å². The molecule has 1 aromatic rings. The predicted octanol–water partition coefficient (Wildman–Crippen LogP) is 2.30. The van der Waals surface area contributed by atoms with E-state index in [4.69, 9.17) is 4.74 Å². The van der Waals surface area contributed by atoms with Gasteiger partial charge in [-0.2, -0.15) is 0 Å². The number of methoxy groups -OCH3 is 1. The van der Waals surface area contributed by atoms with E-state index in [-0.39, 0.29) is 6.10 Å². The highest BCUT2D eigenvalue weighted by molar-refractivity contribution is 5.19. The minimum absolute atomic E-state index is 0.207. The first-order valence-electron chi connectivity index (χ1n) is 6.53. The van der Waals surface area contributed by atoms with Crippen molar-refractivity contribution >= 4 is 0 Å². The lowest BCUT2D eigenvalue weighted by Gasteiger charge is -2.29. The Bertz CT molecular complexity index is 327. The van der Waals surface area contributed by atoms with Gasteiger partial charge in [0.05, 0.1) is 6.10 Å². The van der Waals surface area contributed by atoms with Crippen LogP contribution < -0.4 is 5.32 Å². The van der Waals surface area contributed by atoms with Crippen molar-refractivity contribution in [3.63, 3.8) is 0 Å². The molecular formula is C15H26N2O. The third-order valence-corrected chi connectivity index (χ3v) is 3.29. The van der Waals surface area contributed by atoms with Crippen LogP contribution in [0.4, 0.5) is 0 Å². The van der Waals surface area contributed by atoms with Crippen LogP contribution in [0.3, 0.4) is 0 Å². The summed E-state index contributed by atoms with van der Waals surface area (Å²) in [7, 11) is 5.95. The molecule has 0 fully saturated rings. The van der Waals surface area contributed by atoms with Crippen LogP contribution in [0.25, 0.3) is 0 Å². The fourth-order valence-corrected chi connectivity index (χ4v) is 1.96. The summed E-state index contributed by atoms with van der Waals surface area (Å²) in [6.45, 7) is 5.24. The van der Waals surface area contributed by atoms with Crippen LogP contribution in [0.5, 0.6) is 0 Å². The van der Waals surface area contributed by atoms with Crippen LogP contribution in [0.2, 0.25) is 0 Å². The van der Waals surface area contributed by atoms with Gasteiger partial charge in [0.15, 0.2) is 0 Å². The van der Waals surface area contributed by atoms with Crippen LogP contribution in [-0.2, 0) is 4.74 Å². The summed E-state index contributed by atoms with van der Waals surface area (Å²) < 4.78 is 5.38. The van der Waals surface area contributed by atoms with Crippen LogP contribution in [0.1, 0.15) is 25.5 Å². The molecule has 3 unspecified atom stereocenters. The Labute approximate surface area is 111 Å². The molecule has 18 heavy (non-hydrogen) atoms. The second-order valence-electron chi connectivity index (χ2n) is 5.12. The summed E-state index contributed by atoms with van der Waals surface area (Å²) in [4.78, 5) is 2.20. The Morgan fingerprint density at radius 3 is 2.28 bits per heavy atom. The van der Waals surface area contributed by atoms with Crippen LogP contribution in [0, 0.1) is 0 Å². The van der Waals surface area contributed by atoms with Gasteiger partial charge in [0.1, 0.15) is 0 Å². The number of hydrogen-bond donors (Lipinski definition) is 1. The SMILES string of the molecule is COC(C)C(C)NC(CN(C)C)c1ccccc1. The summed E-state index contributed by atoms with van der Waals surface area (Å²) in [6.07, 6.45) is 0.207. The van der Waals surface area contributed by atoms with Crippen LogP contribution in [0.15, 0.2) is 30.3 Å². The van der Waals surface area contributed by atoms with E-state index in [1.807, 2.05) is 0 Å². The number of ether oxygens (including phenoxy) is 1. The van der Waals surface area contributed by atoms with Gasteiger partial charge in [-0.25, -0.2) is 0 Å². The zero-order valence-corrected chi connectivity index (χ0v) is 12.2. The Balaban J connectivity index is 2.73. The second-order valence-corrected chi connectivity index (χ2v) is 5.12. The van der Waals surface area contributed by atoms with Crippen molar-refractivity contribution < 1.29 is 4.74 Å². The van der Waals surface area contributed by atoms with E-state index in [0.29, 0.717) is 12.1 Å². The molecule has 0 aromatic heterocycles. The largest absolute Gasteiger partial charge is 0.380 e. The predicted molar refractivity (Wildman–Crippen MR) is 76.8 cm³/mol. The summed E-state index contributed by atoms with van der Waals surface area (Å²) in [5.74, 6) is 0. The molecule has 3 atom stereocenters. The number of nitrogens with one attached hydrogen (secondary N) is 1. The van der Waals surface area contributed by atoms with Crippen molar-refractivity contribution in [2.24, 2.45) is 0 Å². The minimum Gasteiger partial charge on any atom is -0.380 e. The van der Waals surface area contributed by atoms with Crippen molar-refractivity contribution in [2.75, 3.05) is 27.7 Å². The van der Waals surface area contributed by atoms with Gasteiger partial charge in [0.25, 0.3) is 0 Å². The Morgan fingerprint density at radius 1 is 1.17 bits per heavy atom. The first kappa shape index (κ1) is 15.2. The van der Waals surface area contributed by atoms with E-state index < -0.39 is 0 Å². The first-order chi connectivity index (χ1) is 8.54. The molecule has 1 aromatic carbocycles. The van der Waals surface area contributed by atoms with Crippen molar-refractivity contribution in [1.82, 2.24) is 10.2 Å². The molecule has 0 aliphatic heterocycles. The lowest BCUT2D eigenvalue weighted by atomic mass is 10.0. The van der Waals surface area contributed by atoms with Gasteiger partial charge in [0, 0.05) is 25.7 Å². The lowest BCUT2D eigenvalue weighted by molar-refractivity contribution is 0.0826. The number of likely N-dealkylation sites (N-methyl/N-ethyl adjacent to an activating group) is 1. The molecule has 0 aliphatic carbocycles. The normalized spacial score (nSPS) is 16.6. The molecule has 0 spiro atoms. The molecule has 0 aliphatic rings.